The molecule has 2 aromatic rings. The Morgan fingerprint density at radius 1 is 0.815 bits per heavy atom. The van der Waals surface area contributed by atoms with E-state index in [0.717, 1.165) is 12.1 Å². The number of benzene rings is 2. The molecule has 0 saturated carbocycles. The Kier molecular flexibility index (Phi) is 5.41. The zero-order valence-corrected chi connectivity index (χ0v) is 14.9. The molecule has 27 heavy (non-hydrogen) atoms. The fourth-order valence-corrected chi connectivity index (χ4v) is 3.12. The minimum atomic E-state index is -4.50. The van der Waals surface area contributed by atoms with Gasteiger partial charge in [0.25, 0.3) is 11.8 Å². The lowest BCUT2D eigenvalue weighted by atomic mass is 10.1. The van der Waals surface area contributed by atoms with Crippen LogP contribution >= 0.6 is 11.6 Å². The minimum Gasteiger partial charge on any atom is -0.335 e. The summed E-state index contributed by atoms with van der Waals surface area (Å²) in [6.45, 7) is 1.11. The summed E-state index contributed by atoms with van der Waals surface area (Å²) in [4.78, 5) is 28.1. The Morgan fingerprint density at radius 2 is 1.30 bits per heavy atom. The number of nitrogens with zero attached hydrogens (tertiary/aromatic N) is 2. The Hall–Kier alpha value is -2.54. The van der Waals surface area contributed by atoms with Crippen LogP contribution in [0.2, 0.25) is 5.02 Å². The summed E-state index contributed by atoms with van der Waals surface area (Å²) < 4.78 is 38.5. The maximum Gasteiger partial charge on any atom is 0.416 e. The number of rotatable bonds is 2. The van der Waals surface area contributed by atoms with Crippen molar-refractivity contribution in [2.45, 2.75) is 6.18 Å². The number of carbonyl (C=O) groups is 2. The van der Waals surface area contributed by atoms with Gasteiger partial charge in [-0.05, 0) is 36.4 Å². The van der Waals surface area contributed by atoms with Gasteiger partial charge in [-0.25, -0.2) is 0 Å². The summed E-state index contributed by atoms with van der Waals surface area (Å²) in [5, 5.41) is 0.458. The van der Waals surface area contributed by atoms with Crippen LogP contribution in [0.5, 0.6) is 0 Å². The van der Waals surface area contributed by atoms with Crippen molar-refractivity contribution in [3.05, 3.63) is 70.2 Å². The van der Waals surface area contributed by atoms with Gasteiger partial charge < -0.3 is 9.80 Å². The molecule has 0 aromatic heterocycles. The van der Waals surface area contributed by atoms with Gasteiger partial charge in [0.05, 0.1) is 5.56 Å². The number of piperazine rings is 1. The van der Waals surface area contributed by atoms with Crippen molar-refractivity contribution in [2.24, 2.45) is 0 Å². The maximum atomic E-state index is 12.8. The van der Waals surface area contributed by atoms with Crippen molar-refractivity contribution in [3.8, 4) is 0 Å². The van der Waals surface area contributed by atoms with Gasteiger partial charge in [0.15, 0.2) is 0 Å². The number of hydrogen-bond donors (Lipinski definition) is 0. The van der Waals surface area contributed by atoms with Gasteiger partial charge >= 0.3 is 6.18 Å². The first-order valence-corrected chi connectivity index (χ1v) is 8.65. The molecule has 1 aliphatic rings. The summed E-state index contributed by atoms with van der Waals surface area (Å²) in [5.41, 5.74) is -0.414. The molecular formula is C19H16ClF3N2O2. The molecule has 1 heterocycles. The van der Waals surface area contributed by atoms with E-state index < -0.39 is 17.6 Å². The summed E-state index contributed by atoms with van der Waals surface area (Å²) >= 11 is 5.90. The first-order valence-electron chi connectivity index (χ1n) is 8.27. The van der Waals surface area contributed by atoms with Crippen molar-refractivity contribution in [3.63, 3.8) is 0 Å². The van der Waals surface area contributed by atoms with Crippen LogP contribution in [0, 0.1) is 0 Å². The van der Waals surface area contributed by atoms with E-state index in [2.05, 4.69) is 0 Å². The van der Waals surface area contributed by atoms with Gasteiger partial charge in [0.1, 0.15) is 0 Å². The zero-order chi connectivity index (χ0) is 19.6. The van der Waals surface area contributed by atoms with Crippen LogP contribution in [0.15, 0.2) is 48.5 Å². The van der Waals surface area contributed by atoms with Crippen molar-refractivity contribution in [1.82, 2.24) is 9.80 Å². The van der Waals surface area contributed by atoms with Crippen LogP contribution in [-0.4, -0.2) is 47.8 Å². The molecule has 1 fully saturated rings. The highest BCUT2D eigenvalue weighted by Crippen LogP contribution is 2.29. The second-order valence-corrected chi connectivity index (χ2v) is 6.61. The lowest BCUT2D eigenvalue weighted by Gasteiger charge is -2.35. The summed E-state index contributed by atoms with van der Waals surface area (Å²) in [7, 11) is 0. The van der Waals surface area contributed by atoms with Crippen LogP contribution < -0.4 is 0 Å². The van der Waals surface area contributed by atoms with E-state index in [4.69, 9.17) is 11.6 Å². The molecule has 3 rings (SSSR count). The van der Waals surface area contributed by atoms with Gasteiger partial charge in [-0.1, -0.05) is 23.7 Å². The van der Waals surface area contributed by atoms with Crippen molar-refractivity contribution >= 4 is 23.4 Å². The van der Waals surface area contributed by atoms with Crippen molar-refractivity contribution in [2.75, 3.05) is 26.2 Å². The number of carbonyl (C=O) groups excluding carboxylic acids is 2. The highest BCUT2D eigenvalue weighted by Gasteiger charge is 2.32. The molecule has 8 heteroatoms. The third kappa shape index (κ3) is 4.42. The molecule has 4 nitrogen and oxygen atoms in total. The summed E-state index contributed by atoms with van der Waals surface area (Å²) in [6.07, 6.45) is -4.50. The zero-order valence-electron chi connectivity index (χ0n) is 14.2. The standard InChI is InChI=1S/C19H16ClF3N2O2/c20-16-6-2-4-14(12-16)18(27)25-9-7-24(8-10-25)17(26)13-3-1-5-15(11-13)19(21,22)23/h1-6,11-12H,7-10H2. The lowest BCUT2D eigenvalue weighted by molar-refractivity contribution is -0.137. The lowest BCUT2D eigenvalue weighted by Crippen LogP contribution is -2.50. The van der Waals surface area contributed by atoms with Crippen LogP contribution in [0.1, 0.15) is 26.3 Å². The molecule has 0 bridgehead atoms. The quantitative estimate of drug-likeness (QED) is 0.771. The van der Waals surface area contributed by atoms with Crippen molar-refractivity contribution < 1.29 is 22.8 Å². The first-order chi connectivity index (χ1) is 12.8. The van der Waals surface area contributed by atoms with Gasteiger partial charge in [-0.15, -0.1) is 0 Å². The third-order valence-corrected chi connectivity index (χ3v) is 4.60. The molecule has 0 unspecified atom stereocenters. The largest absolute Gasteiger partial charge is 0.416 e. The Morgan fingerprint density at radius 3 is 1.78 bits per heavy atom. The van der Waals surface area contributed by atoms with E-state index >= 15 is 0 Å². The van der Waals surface area contributed by atoms with Crippen LogP contribution in [0.3, 0.4) is 0 Å². The number of hydrogen-bond acceptors (Lipinski definition) is 2. The summed E-state index contributed by atoms with van der Waals surface area (Å²) in [6, 6.07) is 11.0. The molecular weight excluding hydrogens is 381 g/mol. The highest BCUT2D eigenvalue weighted by atomic mass is 35.5. The average Bonchev–Trinajstić information content (AvgIpc) is 2.66. The predicted molar refractivity (Wildman–Crippen MR) is 94.7 cm³/mol. The molecule has 0 spiro atoms. The van der Waals surface area contributed by atoms with Gasteiger partial charge in [0.2, 0.25) is 0 Å². The second-order valence-electron chi connectivity index (χ2n) is 6.17. The van der Waals surface area contributed by atoms with E-state index in [1.54, 1.807) is 29.2 Å². The Bertz CT molecular complexity index is 862. The van der Waals surface area contributed by atoms with Gasteiger partial charge in [0, 0.05) is 42.3 Å². The smallest absolute Gasteiger partial charge is 0.335 e. The van der Waals surface area contributed by atoms with Gasteiger partial charge in [-0.2, -0.15) is 13.2 Å². The fourth-order valence-electron chi connectivity index (χ4n) is 2.93. The molecule has 2 aromatic carbocycles. The molecule has 142 valence electrons. The Labute approximate surface area is 159 Å². The predicted octanol–water partition coefficient (Wildman–Crippen LogP) is 3.96. The van der Waals surface area contributed by atoms with Crippen LogP contribution in [0.4, 0.5) is 13.2 Å². The monoisotopic (exact) mass is 396 g/mol. The Balaban J connectivity index is 1.65. The molecule has 0 aliphatic carbocycles. The maximum absolute atomic E-state index is 12.8. The highest BCUT2D eigenvalue weighted by molar-refractivity contribution is 6.30. The topological polar surface area (TPSA) is 40.6 Å². The molecule has 2 amide bonds. The molecule has 1 saturated heterocycles. The SMILES string of the molecule is O=C(c1cccc(Cl)c1)N1CCN(C(=O)c2cccc(C(F)(F)F)c2)CC1. The molecule has 0 radical (unpaired) electrons. The first kappa shape index (κ1) is 19.2. The normalized spacial score (nSPS) is 15.0. The van der Waals surface area contributed by atoms with Gasteiger partial charge in [-0.3, -0.25) is 9.59 Å². The molecule has 1 aliphatic heterocycles. The van der Waals surface area contributed by atoms with E-state index in [1.165, 1.54) is 17.0 Å². The number of halogens is 4. The van der Waals surface area contributed by atoms with E-state index in [-0.39, 0.29) is 24.6 Å². The average molecular weight is 397 g/mol. The fraction of sp³-hybridized carbons (Fsp3) is 0.263. The second kappa shape index (κ2) is 7.60. The van der Waals surface area contributed by atoms with Crippen molar-refractivity contribution in [1.29, 1.82) is 0 Å². The minimum absolute atomic E-state index is 0.0144. The summed E-state index contributed by atoms with van der Waals surface area (Å²) in [5.74, 6) is -0.667. The molecule has 0 N–H and O–H groups in total. The van der Waals surface area contributed by atoms with E-state index in [9.17, 15) is 22.8 Å². The van der Waals surface area contributed by atoms with Crippen LogP contribution in [-0.2, 0) is 6.18 Å². The van der Waals surface area contributed by atoms with E-state index in [1.807, 2.05) is 0 Å². The number of amides is 2. The molecule has 0 atom stereocenters. The third-order valence-electron chi connectivity index (χ3n) is 4.36. The van der Waals surface area contributed by atoms with Crippen LogP contribution in [0.25, 0.3) is 0 Å². The van der Waals surface area contributed by atoms with E-state index in [0.29, 0.717) is 23.7 Å². The number of alkyl halides is 3.